The number of aromatic nitrogens is 2. The lowest BCUT2D eigenvalue weighted by molar-refractivity contribution is 0.0757. The van der Waals surface area contributed by atoms with E-state index in [4.69, 9.17) is 10.5 Å². The molecule has 0 amide bonds. The molecule has 4 heteroatoms. The summed E-state index contributed by atoms with van der Waals surface area (Å²) >= 11 is 0. The second-order valence-corrected chi connectivity index (χ2v) is 4.74. The van der Waals surface area contributed by atoms with Crippen molar-refractivity contribution in [3.63, 3.8) is 0 Å². The van der Waals surface area contributed by atoms with Crippen LogP contribution in [0.3, 0.4) is 0 Å². The Bertz CT molecular complexity index is 535. The Balaban J connectivity index is 1.77. The van der Waals surface area contributed by atoms with Crippen LogP contribution in [0.2, 0.25) is 0 Å². The van der Waals surface area contributed by atoms with Gasteiger partial charge < -0.3 is 15.5 Å². The number of fused-ring (bicyclic) bond motifs is 1. The van der Waals surface area contributed by atoms with E-state index in [-0.39, 0.29) is 12.1 Å². The van der Waals surface area contributed by atoms with E-state index < -0.39 is 0 Å². The van der Waals surface area contributed by atoms with Crippen LogP contribution in [0.4, 0.5) is 0 Å². The Hall–Kier alpha value is -1.65. The van der Waals surface area contributed by atoms with Crippen LogP contribution in [-0.2, 0) is 17.8 Å². The average molecular weight is 243 g/mol. The summed E-state index contributed by atoms with van der Waals surface area (Å²) in [6.45, 7) is 2.63. The molecule has 1 aliphatic rings. The minimum atomic E-state index is -0.0924. The maximum absolute atomic E-state index is 6.20. The fourth-order valence-corrected chi connectivity index (χ4v) is 2.32. The lowest BCUT2D eigenvalue weighted by Crippen LogP contribution is -2.15. The minimum Gasteiger partial charge on any atom is -0.366 e. The number of rotatable bonds is 3. The van der Waals surface area contributed by atoms with E-state index in [2.05, 4.69) is 22.1 Å². The molecule has 2 heterocycles. The molecule has 18 heavy (non-hydrogen) atoms. The van der Waals surface area contributed by atoms with Crippen LogP contribution in [0.15, 0.2) is 30.3 Å². The molecule has 0 bridgehead atoms. The monoisotopic (exact) mass is 243 g/mol. The van der Waals surface area contributed by atoms with Gasteiger partial charge >= 0.3 is 0 Å². The molecule has 1 aliphatic heterocycles. The van der Waals surface area contributed by atoms with Crippen LogP contribution in [0, 0.1) is 0 Å². The zero-order valence-electron chi connectivity index (χ0n) is 10.4. The molecule has 94 valence electrons. The van der Waals surface area contributed by atoms with Gasteiger partial charge in [-0.15, -0.1) is 0 Å². The van der Waals surface area contributed by atoms with E-state index >= 15 is 0 Å². The van der Waals surface area contributed by atoms with E-state index in [0.717, 1.165) is 23.6 Å². The highest BCUT2D eigenvalue weighted by molar-refractivity contribution is 5.23. The average Bonchev–Trinajstić information content (AvgIpc) is 2.93. The first kappa shape index (κ1) is 11.4. The van der Waals surface area contributed by atoms with Gasteiger partial charge in [-0.25, -0.2) is 4.98 Å². The Kier molecular flexibility index (Phi) is 2.89. The van der Waals surface area contributed by atoms with Crippen molar-refractivity contribution in [2.75, 3.05) is 0 Å². The lowest BCUT2D eigenvalue weighted by atomic mass is 10.1. The Morgan fingerprint density at radius 2 is 2.22 bits per heavy atom. The summed E-state index contributed by atoms with van der Waals surface area (Å²) in [5, 5.41) is 0. The van der Waals surface area contributed by atoms with Crippen molar-refractivity contribution in [3.05, 3.63) is 53.1 Å². The molecular formula is C14H17N3O. The van der Waals surface area contributed by atoms with Crippen LogP contribution in [0.25, 0.3) is 0 Å². The predicted molar refractivity (Wildman–Crippen MR) is 68.9 cm³/mol. The van der Waals surface area contributed by atoms with Crippen molar-refractivity contribution in [1.29, 1.82) is 0 Å². The number of nitrogens with one attached hydrogen (secondary N) is 1. The standard InChI is InChI=1S/C14H17N3O/c1-9-13-12(8-18-9)16-14(17-13)11(15)7-10-5-3-2-4-6-10/h2-6,9,11H,7-8,15H2,1H3,(H,16,17)/t9?,11-/m1/s1. The molecule has 1 aromatic heterocycles. The summed E-state index contributed by atoms with van der Waals surface area (Å²) < 4.78 is 5.48. The molecule has 3 rings (SSSR count). The molecule has 1 aromatic carbocycles. The lowest BCUT2D eigenvalue weighted by Gasteiger charge is -2.09. The van der Waals surface area contributed by atoms with E-state index in [9.17, 15) is 0 Å². The van der Waals surface area contributed by atoms with Gasteiger partial charge in [-0.2, -0.15) is 0 Å². The maximum Gasteiger partial charge on any atom is 0.124 e. The van der Waals surface area contributed by atoms with Gasteiger partial charge in [-0.3, -0.25) is 0 Å². The van der Waals surface area contributed by atoms with Crippen LogP contribution in [0.1, 0.15) is 41.8 Å². The van der Waals surface area contributed by atoms with Gasteiger partial charge in [0.05, 0.1) is 30.1 Å². The largest absolute Gasteiger partial charge is 0.366 e. The van der Waals surface area contributed by atoms with Crippen molar-refractivity contribution < 1.29 is 4.74 Å². The first-order valence-electron chi connectivity index (χ1n) is 6.24. The SMILES string of the molecule is CC1OCc2[nH]c([C@H](N)Cc3ccccc3)nc21. The van der Waals surface area contributed by atoms with Crippen LogP contribution in [-0.4, -0.2) is 9.97 Å². The molecule has 0 radical (unpaired) electrons. The number of hydrogen-bond acceptors (Lipinski definition) is 3. The molecule has 0 saturated carbocycles. The Morgan fingerprint density at radius 1 is 1.44 bits per heavy atom. The second kappa shape index (κ2) is 4.55. The summed E-state index contributed by atoms with van der Waals surface area (Å²) in [4.78, 5) is 7.85. The summed E-state index contributed by atoms with van der Waals surface area (Å²) in [6.07, 6.45) is 0.872. The third-order valence-electron chi connectivity index (χ3n) is 3.34. The zero-order valence-corrected chi connectivity index (χ0v) is 10.4. The van der Waals surface area contributed by atoms with Gasteiger partial charge in [0, 0.05) is 0 Å². The van der Waals surface area contributed by atoms with Crippen LogP contribution < -0.4 is 5.73 Å². The second-order valence-electron chi connectivity index (χ2n) is 4.74. The number of hydrogen-bond donors (Lipinski definition) is 2. The van der Waals surface area contributed by atoms with Crippen molar-refractivity contribution >= 4 is 0 Å². The summed E-state index contributed by atoms with van der Waals surface area (Å²) in [7, 11) is 0. The highest BCUT2D eigenvalue weighted by Crippen LogP contribution is 2.29. The molecule has 0 saturated heterocycles. The molecule has 3 N–H and O–H groups in total. The fourth-order valence-electron chi connectivity index (χ4n) is 2.32. The van der Waals surface area contributed by atoms with Crippen molar-refractivity contribution in [2.45, 2.75) is 32.1 Å². The molecule has 0 spiro atoms. The molecule has 0 aliphatic carbocycles. The number of aromatic amines is 1. The first-order chi connectivity index (χ1) is 8.74. The Morgan fingerprint density at radius 3 is 2.94 bits per heavy atom. The summed E-state index contributed by atoms with van der Waals surface area (Å²) in [6, 6.07) is 10.1. The number of nitrogens with two attached hydrogens (primary N) is 1. The van der Waals surface area contributed by atoms with E-state index in [1.807, 2.05) is 25.1 Å². The number of imidazole rings is 1. The number of benzene rings is 1. The molecule has 2 atom stereocenters. The van der Waals surface area contributed by atoms with Crippen LogP contribution in [0.5, 0.6) is 0 Å². The third-order valence-corrected chi connectivity index (χ3v) is 3.34. The first-order valence-corrected chi connectivity index (χ1v) is 6.24. The van der Waals surface area contributed by atoms with Gasteiger partial charge in [0.2, 0.25) is 0 Å². The van der Waals surface area contributed by atoms with Crippen molar-refractivity contribution in [1.82, 2.24) is 9.97 Å². The summed E-state index contributed by atoms with van der Waals surface area (Å²) in [5.74, 6) is 0.860. The predicted octanol–water partition coefficient (Wildman–Crippen LogP) is 2.24. The van der Waals surface area contributed by atoms with E-state index in [1.54, 1.807) is 0 Å². The van der Waals surface area contributed by atoms with Gasteiger partial charge in [0.25, 0.3) is 0 Å². The number of ether oxygens (including phenoxy) is 1. The summed E-state index contributed by atoms with van der Waals surface area (Å²) in [5.41, 5.74) is 9.50. The quantitative estimate of drug-likeness (QED) is 0.869. The van der Waals surface area contributed by atoms with Crippen LogP contribution >= 0.6 is 0 Å². The third kappa shape index (κ3) is 2.05. The molecule has 1 unspecified atom stereocenters. The highest BCUT2D eigenvalue weighted by Gasteiger charge is 2.25. The Labute approximate surface area is 106 Å². The maximum atomic E-state index is 6.20. The molecule has 0 fully saturated rings. The number of nitrogens with zero attached hydrogens (tertiary/aromatic N) is 1. The number of H-pyrrole nitrogens is 1. The minimum absolute atomic E-state index is 0.0777. The van der Waals surface area contributed by atoms with Gasteiger partial charge in [-0.1, -0.05) is 30.3 Å². The molecule has 4 nitrogen and oxygen atoms in total. The zero-order chi connectivity index (χ0) is 12.5. The normalized spacial score (nSPS) is 19.8. The van der Waals surface area contributed by atoms with Gasteiger partial charge in [-0.05, 0) is 18.9 Å². The van der Waals surface area contributed by atoms with Gasteiger partial charge in [0.15, 0.2) is 0 Å². The molecule has 2 aromatic rings. The van der Waals surface area contributed by atoms with E-state index in [1.165, 1.54) is 5.56 Å². The van der Waals surface area contributed by atoms with Crippen molar-refractivity contribution in [2.24, 2.45) is 5.73 Å². The van der Waals surface area contributed by atoms with Crippen molar-refractivity contribution in [3.8, 4) is 0 Å². The highest BCUT2D eigenvalue weighted by atomic mass is 16.5. The fraction of sp³-hybridized carbons (Fsp3) is 0.357. The van der Waals surface area contributed by atoms with E-state index in [0.29, 0.717) is 6.61 Å². The van der Waals surface area contributed by atoms with Gasteiger partial charge in [0.1, 0.15) is 5.82 Å². The molecular weight excluding hydrogens is 226 g/mol. The topological polar surface area (TPSA) is 63.9 Å². The smallest absolute Gasteiger partial charge is 0.124 e.